The van der Waals surface area contributed by atoms with Gasteiger partial charge >= 0.3 is 5.97 Å². The molecular weight excluding hydrogens is 322 g/mol. The highest BCUT2D eigenvalue weighted by atomic mass is 16.4. The summed E-state index contributed by atoms with van der Waals surface area (Å²) >= 11 is 0. The molecule has 3 nitrogen and oxygen atoms in total. The molecule has 0 amide bonds. The van der Waals surface area contributed by atoms with E-state index in [1.165, 1.54) is 103 Å². The number of nitriles is 1. The van der Waals surface area contributed by atoms with Crippen LogP contribution in [0.25, 0.3) is 0 Å². The Morgan fingerprint density at radius 3 is 1.27 bits per heavy atom. The average molecular weight is 366 g/mol. The number of rotatable bonds is 20. The molecule has 152 valence electrons. The van der Waals surface area contributed by atoms with Gasteiger partial charge in [0.15, 0.2) is 0 Å². The van der Waals surface area contributed by atoms with Crippen molar-refractivity contribution in [2.45, 2.75) is 129 Å². The van der Waals surface area contributed by atoms with Crippen molar-refractivity contribution in [1.82, 2.24) is 0 Å². The third-order valence-corrected chi connectivity index (χ3v) is 5.30. The quantitative estimate of drug-likeness (QED) is 0.225. The van der Waals surface area contributed by atoms with E-state index in [0.29, 0.717) is 6.42 Å². The van der Waals surface area contributed by atoms with Gasteiger partial charge in [-0.15, -0.1) is 0 Å². The highest BCUT2D eigenvalue weighted by molar-refractivity contribution is 5.72. The predicted octanol–water partition coefficient (Wildman–Crippen LogP) is 7.64. The van der Waals surface area contributed by atoms with Crippen LogP contribution in [-0.2, 0) is 4.79 Å². The molecule has 0 saturated heterocycles. The molecule has 3 heteroatoms. The number of carboxylic acid groups (broad SMARTS) is 1. The maximum absolute atomic E-state index is 10.7. The Morgan fingerprint density at radius 2 is 1.00 bits per heavy atom. The summed E-state index contributed by atoms with van der Waals surface area (Å²) in [6.07, 6.45) is 24.4. The molecule has 0 saturated carbocycles. The summed E-state index contributed by atoms with van der Waals surface area (Å²) in [6.45, 7) is 2.27. The topological polar surface area (TPSA) is 61.1 Å². The maximum Gasteiger partial charge on any atom is 0.320 e. The molecule has 0 aromatic carbocycles. The van der Waals surface area contributed by atoms with E-state index in [9.17, 15) is 4.79 Å². The zero-order valence-electron chi connectivity index (χ0n) is 17.3. The van der Waals surface area contributed by atoms with Crippen LogP contribution in [0.4, 0.5) is 0 Å². The van der Waals surface area contributed by atoms with Crippen LogP contribution < -0.4 is 0 Å². The summed E-state index contributed by atoms with van der Waals surface area (Å²) in [5.74, 6) is -1.78. The van der Waals surface area contributed by atoms with E-state index in [2.05, 4.69) is 6.92 Å². The van der Waals surface area contributed by atoms with Gasteiger partial charge in [-0.3, -0.25) is 4.79 Å². The lowest BCUT2D eigenvalue weighted by molar-refractivity contribution is -0.140. The standard InChI is InChI=1S/C23H43NO2/c1-2-3-4-5-6-7-8-9-10-11-12-13-14-15-16-17-18-19-20-22(21-24)23(25)26/h22H,2-20H2,1H3,(H,25,26). The van der Waals surface area contributed by atoms with Crippen molar-refractivity contribution in [2.24, 2.45) is 5.92 Å². The van der Waals surface area contributed by atoms with Crippen molar-refractivity contribution < 1.29 is 9.90 Å². The summed E-state index contributed by atoms with van der Waals surface area (Å²) in [5, 5.41) is 17.5. The molecule has 0 aromatic heterocycles. The third kappa shape index (κ3) is 17.8. The fourth-order valence-corrected chi connectivity index (χ4v) is 3.49. The Kier molecular flexibility index (Phi) is 19.5. The molecule has 0 aliphatic rings. The molecule has 0 rings (SSSR count). The summed E-state index contributed by atoms with van der Waals surface area (Å²) < 4.78 is 0. The molecule has 0 aliphatic heterocycles. The molecule has 0 radical (unpaired) electrons. The molecule has 1 N–H and O–H groups in total. The first-order chi connectivity index (χ1) is 12.7. The lowest BCUT2D eigenvalue weighted by Gasteiger charge is -2.05. The molecular formula is C23H43NO2. The van der Waals surface area contributed by atoms with Gasteiger partial charge in [0, 0.05) is 0 Å². The normalized spacial score (nSPS) is 12.0. The van der Waals surface area contributed by atoms with E-state index in [0.717, 1.165) is 12.8 Å². The molecule has 0 aliphatic carbocycles. The molecule has 26 heavy (non-hydrogen) atoms. The molecule has 0 bridgehead atoms. The second-order valence-electron chi connectivity index (χ2n) is 7.82. The van der Waals surface area contributed by atoms with Gasteiger partial charge in [0.05, 0.1) is 6.07 Å². The van der Waals surface area contributed by atoms with Crippen LogP contribution in [0.2, 0.25) is 0 Å². The minimum absolute atomic E-state index is 0.505. The first-order valence-corrected chi connectivity index (χ1v) is 11.3. The fraction of sp³-hybridized carbons (Fsp3) is 0.913. The van der Waals surface area contributed by atoms with Crippen LogP contribution >= 0.6 is 0 Å². The molecule has 0 heterocycles. The number of unbranched alkanes of at least 4 members (excludes halogenated alkanes) is 17. The van der Waals surface area contributed by atoms with Gasteiger partial charge in [0.25, 0.3) is 0 Å². The lowest BCUT2D eigenvalue weighted by Crippen LogP contribution is -2.10. The molecule has 1 atom stereocenters. The largest absolute Gasteiger partial charge is 0.480 e. The van der Waals surface area contributed by atoms with Gasteiger partial charge in [-0.1, -0.05) is 122 Å². The van der Waals surface area contributed by atoms with Crippen LogP contribution in [-0.4, -0.2) is 11.1 Å². The van der Waals surface area contributed by atoms with E-state index in [-0.39, 0.29) is 0 Å². The molecule has 0 spiro atoms. The SMILES string of the molecule is CCCCCCCCCCCCCCCCCCCCC(C#N)C(=O)O. The number of nitrogens with zero attached hydrogens (tertiary/aromatic N) is 1. The smallest absolute Gasteiger partial charge is 0.320 e. The Bertz CT molecular complexity index is 349. The van der Waals surface area contributed by atoms with Gasteiger partial charge in [-0.2, -0.15) is 5.26 Å². The highest BCUT2D eigenvalue weighted by Crippen LogP contribution is 2.15. The number of hydrogen-bond acceptors (Lipinski definition) is 2. The van der Waals surface area contributed by atoms with E-state index in [1.54, 1.807) is 0 Å². The van der Waals surface area contributed by atoms with Gasteiger partial charge in [0.2, 0.25) is 0 Å². The van der Waals surface area contributed by atoms with Crippen LogP contribution in [0.3, 0.4) is 0 Å². The van der Waals surface area contributed by atoms with E-state index in [1.807, 2.05) is 6.07 Å². The van der Waals surface area contributed by atoms with Crippen LogP contribution in [0.15, 0.2) is 0 Å². The first kappa shape index (κ1) is 25.0. The predicted molar refractivity (Wildman–Crippen MR) is 110 cm³/mol. The summed E-state index contributed by atoms with van der Waals surface area (Å²) in [6, 6.07) is 1.86. The Morgan fingerprint density at radius 1 is 0.692 bits per heavy atom. The molecule has 1 unspecified atom stereocenters. The van der Waals surface area contributed by atoms with E-state index >= 15 is 0 Å². The van der Waals surface area contributed by atoms with Gasteiger partial charge in [-0.05, 0) is 6.42 Å². The van der Waals surface area contributed by atoms with Crippen molar-refractivity contribution in [3.8, 4) is 6.07 Å². The minimum atomic E-state index is -0.973. The van der Waals surface area contributed by atoms with Crippen molar-refractivity contribution in [2.75, 3.05) is 0 Å². The number of aliphatic carboxylic acids is 1. The average Bonchev–Trinajstić information content (AvgIpc) is 2.63. The lowest BCUT2D eigenvalue weighted by atomic mass is 10.0. The summed E-state index contributed by atoms with van der Waals surface area (Å²) in [4.78, 5) is 10.7. The second-order valence-corrected chi connectivity index (χ2v) is 7.82. The maximum atomic E-state index is 10.7. The monoisotopic (exact) mass is 365 g/mol. The highest BCUT2D eigenvalue weighted by Gasteiger charge is 2.14. The molecule has 0 fully saturated rings. The van der Waals surface area contributed by atoms with Crippen LogP contribution in [0.1, 0.15) is 129 Å². The van der Waals surface area contributed by atoms with Crippen molar-refractivity contribution in [3.63, 3.8) is 0 Å². The van der Waals surface area contributed by atoms with E-state index < -0.39 is 11.9 Å². The number of carbonyl (C=O) groups is 1. The number of hydrogen-bond donors (Lipinski definition) is 1. The Labute approximate surface area is 162 Å². The van der Waals surface area contributed by atoms with Crippen molar-refractivity contribution in [1.29, 1.82) is 5.26 Å². The fourth-order valence-electron chi connectivity index (χ4n) is 3.49. The van der Waals surface area contributed by atoms with Gasteiger partial charge in [0.1, 0.15) is 5.92 Å². The third-order valence-electron chi connectivity index (χ3n) is 5.30. The van der Waals surface area contributed by atoms with Gasteiger partial charge < -0.3 is 5.11 Å². The summed E-state index contributed by atoms with van der Waals surface area (Å²) in [5.41, 5.74) is 0. The minimum Gasteiger partial charge on any atom is -0.480 e. The van der Waals surface area contributed by atoms with Crippen molar-refractivity contribution in [3.05, 3.63) is 0 Å². The Hall–Kier alpha value is -1.04. The first-order valence-electron chi connectivity index (χ1n) is 11.3. The Balaban J connectivity index is 3.11. The summed E-state index contributed by atoms with van der Waals surface area (Å²) in [7, 11) is 0. The van der Waals surface area contributed by atoms with Gasteiger partial charge in [-0.25, -0.2) is 0 Å². The second kappa shape index (κ2) is 20.3. The van der Waals surface area contributed by atoms with E-state index in [4.69, 9.17) is 10.4 Å². The number of carboxylic acids is 1. The van der Waals surface area contributed by atoms with Crippen LogP contribution in [0, 0.1) is 17.2 Å². The zero-order valence-corrected chi connectivity index (χ0v) is 17.3. The molecule has 0 aromatic rings. The zero-order chi connectivity index (χ0) is 19.3. The van der Waals surface area contributed by atoms with Crippen LogP contribution in [0.5, 0.6) is 0 Å². The van der Waals surface area contributed by atoms with Crippen molar-refractivity contribution >= 4 is 5.97 Å².